The van der Waals surface area contributed by atoms with Crippen LogP contribution in [0.3, 0.4) is 0 Å². The van der Waals surface area contributed by atoms with Gasteiger partial charge in [-0.3, -0.25) is 10.1 Å². The minimum absolute atomic E-state index is 0.0913. The summed E-state index contributed by atoms with van der Waals surface area (Å²) in [6.45, 7) is 0. The van der Waals surface area contributed by atoms with Crippen LogP contribution in [0.5, 0.6) is 5.88 Å². The van der Waals surface area contributed by atoms with Crippen LogP contribution in [-0.4, -0.2) is 50.9 Å². The highest BCUT2D eigenvalue weighted by atomic mass is 19.2. The molecular formula is C21H19F2N7O3. The van der Waals surface area contributed by atoms with E-state index in [1.165, 1.54) is 32.8 Å². The smallest absolute Gasteiger partial charge is 0.387 e. The molecule has 1 aliphatic rings. The molecule has 1 fully saturated rings. The molecule has 0 aliphatic heterocycles. The molecule has 12 heteroatoms. The molecule has 170 valence electrons. The van der Waals surface area contributed by atoms with Gasteiger partial charge < -0.3 is 15.0 Å². The van der Waals surface area contributed by atoms with Crippen molar-refractivity contribution in [3.05, 3.63) is 59.9 Å². The largest absolute Gasteiger partial charge is 0.418 e. The van der Waals surface area contributed by atoms with Crippen LogP contribution in [0.15, 0.2) is 37.1 Å². The zero-order valence-electron chi connectivity index (χ0n) is 17.7. The Balaban J connectivity index is 1.62. The SMILES string of the molecule is CN(C)C(=O)c1ccc(F)c(F)c1NC(=O)Oc1nc(C2CC2)cnc1Nc1cncnc1. The molecule has 1 saturated carbocycles. The first-order valence-corrected chi connectivity index (χ1v) is 9.91. The standard InChI is InChI=1S/C21H19F2N7O3/c1-30(2)20(31)13-5-6-14(22)16(23)17(13)29-21(32)33-19-18(27-12-7-24-10-25-8-12)26-9-15(28-19)11-3-4-11/h5-11H,3-4H2,1-2H3,(H,26,27)(H,29,32). The zero-order valence-corrected chi connectivity index (χ0v) is 17.7. The van der Waals surface area contributed by atoms with E-state index in [9.17, 15) is 18.4 Å². The quantitative estimate of drug-likeness (QED) is 0.579. The van der Waals surface area contributed by atoms with Crippen LogP contribution in [-0.2, 0) is 0 Å². The van der Waals surface area contributed by atoms with Crippen LogP contribution in [0, 0.1) is 11.6 Å². The molecule has 10 nitrogen and oxygen atoms in total. The lowest BCUT2D eigenvalue weighted by Crippen LogP contribution is -2.26. The van der Waals surface area contributed by atoms with Crippen LogP contribution in [0.1, 0.15) is 34.8 Å². The number of nitrogens with one attached hydrogen (secondary N) is 2. The van der Waals surface area contributed by atoms with Gasteiger partial charge in [-0.05, 0) is 25.0 Å². The Labute approximate surface area is 187 Å². The third-order valence-electron chi connectivity index (χ3n) is 4.73. The maximum Gasteiger partial charge on any atom is 0.418 e. The molecule has 0 atom stereocenters. The fourth-order valence-corrected chi connectivity index (χ4v) is 2.93. The van der Waals surface area contributed by atoms with Crippen LogP contribution in [0.4, 0.5) is 30.8 Å². The number of ether oxygens (including phenoxy) is 1. The molecular weight excluding hydrogens is 436 g/mol. The highest BCUT2D eigenvalue weighted by Gasteiger charge is 2.28. The number of nitrogens with zero attached hydrogens (tertiary/aromatic N) is 5. The van der Waals surface area contributed by atoms with Crippen molar-refractivity contribution in [2.45, 2.75) is 18.8 Å². The predicted molar refractivity (Wildman–Crippen MR) is 113 cm³/mol. The van der Waals surface area contributed by atoms with Gasteiger partial charge in [-0.15, -0.1) is 0 Å². The average Bonchev–Trinajstić information content (AvgIpc) is 3.64. The summed E-state index contributed by atoms with van der Waals surface area (Å²) in [7, 11) is 2.88. The van der Waals surface area contributed by atoms with Crippen molar-refractivity contribution in [1.82, 2.24) is 24.8 Å². The van der Waals surface area contributed by atoms with Crippen molar-refractivity contribution < 1.29 is 23.1 Å². The van der Waals surface area contributed by atoms with E-state index in [2.05, 4.69) is 30.6 Å². The summed E-state index contributed by atoms with van der Waals surface area (Å²) in [6, 6.07) is 1.88. The second-order valence-electron chi connectivity index (χ2n) is 7.47. The van der Waals surface area contributed by atoms with Gasteiger partial charge in [0.05, 0.1) is 41.2 Å². The Kier molecular flexibility index (Phi) is 6.07. The molecule has 33 heavy (non-hydrogen) atoms. The normalized spacial score (nSPS) is 12.7. The van der Waals surface area contributed by atoms with E-state index in [-0.39, 0.29) is 23.2 Å². The van der Waals surface area contributed by atoms with Gasteiger partial charge in [0.15, 0.2) is 17.5 Å². The van der Waals surface area contributed by atoms with E-state index in [1.807, 2.05) is 0 Å². The molecule has 1 aromatic carbocycles. The first-order valence-electron chi connectivity index (χ1n) is 9.91. The second-order valence-corrected chi connectivity index (χ2v) is 7.47. The van der Waals surface area contributed by atoms with Crippen molar-refractivity contribution in [2.75, 3.05) is 24.7 Å². The number of hydrogen-bond acceptors (Lipinski definition) is 8. The Morgan fingerprint density at radius 2 is 1.85 bits per heavy atom. The molecule has 0 spiro atoms. The summed E-state index contributed by atoms with van der Waals surface area (Å²) in [6.07, 6.45) is 6.56. The molecule has 3 aromatic rings. The molecule has 2 amide bonds. The molecule has 0 saturated heterocycles. The lowest BCUT2D eigenvalue weighted by Gasteiger charge is -2.16. The molecule has 0 bridgehead atoms. The van der Waals surface area contributed by atoms with E-state index in [1.54, 1.807) is 6.20 Å². The van der Waals surface area contributed by atoms with Crippen LogP contribution in [0.2, 0.25) is 0 Å². The first-order chi connectivity index (χ1) is 15.8. The third kappa shape index (κ3) is 5.00. The fraction of sp³-hybridized carbons (Fsp3) is 0.238. The number of hydrogen-bond donors (Lipinski definition) is 2. The molecule has 0 unspecified atom stereocenters. The van der Waals surface area contributed by atoms with Gasteiger partial charge in [0.25, 0.3) is 11.8 Å². The van der Waals surface area contributed by atoms with E-state index < -0.39 is 29.3 Å². The summed E-state index contributed by atoms with van der Waals surface area (Å²) >= 11 is 0. The molecule has 2 aromatic heterocycles. The van der Waals surface area contributed by atoms with Crippen molar-refractivity contribution >= 4 is 29.2 Å². The number of anilines is 3. The van der Waals surface area contributed by atoms with E-state index >= 15 is 0 Å². The summed E-state index contributed by atoms with van der Waals surface area (Å²) in [4.78, 5) is 42.5. The second kappa shape index (κ2) is 9.10. The monoisotopic (exact) mass is 455 g/mol. The molecule has 2 heterocycles. The predicted octanol–water partition coefficient (Wildman–Crippen LogP) is 3.48. The molecule has 0 radical (unpaired) electrons. The van der Waals surface area contributed by atoms with E-state index in [4.69, 9.17) is 4.74 Å². The zero-order chi connectivity index (χ0) is 23.5. The number of rotatable bonds is 6. The number of halogens is 2. The van der Waals surface area contributed by atoms with Gasteiger partial charge in [0.2, 0.25) is 0 Å². The van der Waals surface area contributed by atoms with Crippen molar-refractivity contribution in [3.63, 3.8) is 0 Å². The minimum atomic E-state index is -1.39. The van der Waals surface area contributed by atoms with Crippen molar-refractivity contribution in [2.24, 2.45) is 0 Å². The maximum absolute atomic E-state index is 14.5. The average molecular weight is 455 g/mol. The van der Waals surface area contributed by atoms with Gasteiger partial charge >= 0.3 is 6.09 Å². The number of amides is 2. The van der Waals surface area contributed by atoms with Crippen molar-refractivity contribution in [3.8, 4) is 5.88 Å². The number of aromatic nitrogens is 4. The molecule has 4 rings (SSSR count). The molecule has 2 N–H and O–H groups in total. The lowest BCUT2D eigenvalue weighted by molar-refractivity contribution is 0.0828. The highest BCUT2D eigenvalue weighted by Crippen LogP contribution is 2.40. The minimum Gasteiger partial charge on any atom is -0.387 e. The number of carbonyl (C=O) groups is 2. The Bertz CT molecular complexity index is 1200. The number of benzene rings is 1. The molecule has 1 aliphatic carbocycles. The van der Waals surface area contributed by atoms with Crippen LogP contribution < -0.4 is 15.4 Å². The summed E-state index contributed by atoms with van der Waals surface area (Å²) in [5, 5.41) is 5.01. The number of carbonyl (C=O) groups excluding carboxylic acids is 2. The van der Waals surface area contributed by atoms with Gasteiger partial charge in [0, 0.05) is 20.0 Å². The summed E-state index contributed by atoms with van der Waals surface area (Å²) < 4.78 is 33.6. The highest BCUT2D eigenvalue weighted by molar-refractivity contribution is 6.02. The van der Waals surface area contributed by atoms with Crippen molar-refractivity contribution in [1.29, 1.82) is 0 Å². The van der Waals surface area contributed by atoms with Crippen LogP contribution in [0.25, 0.3) is 0 Å². The summed E-state index contributed by atoms with van der Waals surface area (Å²) in [5.41, 5.74) is 0.212. The van der Waals surface area contributed by atoms with Gasteiger partial charge in [-0.25, -0.2) is 33.5 Å². The summed E-state index contributed by atoms with van der Waals surface area (Å²) in [5.74, 6) is -3.14. The topological polar surface area (TPSA) is 122 Å². The van der Waals surface area contributed by atoms with Gasteiger partial charge in [-0.1, -0.05) is 0 Å². The third-order valence-corrected chi connectivity index (χ3v) is 4.73. The first kappa shape index (κ1) is 22.0. The lowest BCUT2D eigenvalue weighted by atomic mass is 10.1. The maximum atomic E-state index is 14.5. The van der Waals surface area contributed by atoms with Gasteiger partial charge in [0.1, 0.15) is 6.33 Å². The van der Waals surface area contributed by atoms with Gasteiger partial charge in [-0.2, -0.15) is 0 Å². The Hall–Kier alpha value is -4.22. The Morgan fingerprint density at radius 1 is 1.12 bits per heavy atom. The van der Waals surface area contributed by atoms with E-state index in [0.29, 0.717) is 11.4 Å². The van der Waals surface area contributed by atoms with E-state index in [0.717, 1.165) is 29.9 Å². The Morgan fingerprint density at radius 3 is 2.52 bits per heavy atom. The van der Waals surface area contributed by atoms with Crippen LogP contribution >= 0.6 is 0 Å². The fourth-order valence-electron chi connectivity index (χ4n) is 2.93.